The molecule has 2 aromatic rings. The number of nitrogens with zero attached hydrogens (tertiary/aromatic N) is 3. The Hall–Kier alpha value is -2.48. The number of aromatic nitrogens is 4. The molecule has 1 amide bonds. The van der Waals surface area contributed by atoms with Gasteiger partial charge in [0.15, 0.2) is 5.82 Å². The molecule has 0 saturated carbocycles. The summed E-state index contributed by atoms with van der Waals surface area (Å²) < 4.78 is 5.69. The van der Waals surface area contributed by atoms with E-state index in [4.69, 9.17) is 4.74 Å². The number of ether oxygens (including phenoxy) is 1. The normalized spacial score (nSPS) is 20.4. The number of fused-ring (bicyclic) bond motifs is 1. The van der Waals surface area contributed by atoms with Crippen LogP contribution >= 0.6 is 0 Å². The van der Waals surface area contributed by atoms with E-state index in [1.165, 1.54) is 0 Å². The summed E-state index contributed by atoms with van der Waals surface area (Å²) in [5, 5.41) is 6.90. The lowest BCUT2D eigenvalue weighted by Gasteiger charge is -2.31. The van der Waals surface area contributed by atoms with E-state index < -0.39 is 0 Å². The molecule has 1 saturated heterocycles. The van der Waals surface area contributed by atoms with Crippen LogP contribution < -0.4 is 5.56 Å². The Kier molecular flexibility index (Phi) is 4.12. The van der Waals surface area contributed by atoms with Crippen LogP contribution in [0.4, 0.5) is 0 Å². The van der Waals surface area contributed by atoms with Crippen LogP contribution in [-0.2, 0) is 17.6 Å². The van der Waals surface area contributed by atoms with Crippen molar-refractivity contribution in [3.05, 3.63) is 44.9 Å². The lowest BCUT2D eigenvalue weighted by Crippen LogP contribution is -2.44. The third-order valence-corrected chi connectivity index (χ3v) is 4.82. The molecule has 8 nitrogen and oxygen atoms in total. The van der Waals surface area contributed by atoms with Crippen LogP contribution in [0.3, 0.4) is 0 Å². The topological polar surface area (TPSA) is 104 Å². The molecule has 1 unspecified atom stereocenters. The largest absolute Gasteiger partial charge is 0.366 e. The molecule has 0 spiro atoms. The minimum atomic E-state index is -0.376. The highest BCUT2D eigenvalue weighted by Gasteiger charge is 2.30. The summed E-state index contributed by atoms with van der Waals surface area (Å²) in [6.07, 6.45) is 3.59. The van der Waals surface area contributed by atoms with Crippen molar-refractivity contribution in [1.82, 2.24) is 25.1 Å². The number of aryl methyl sites for hydroxylation is 3. The zero-order valence-electron chi connectivity index (χ0n) is 14.2. The number of H-pyrrole nitrogens is 2. The lowest BCUT2D eigenvalue weighted by molar-refractivity contribution is -0.0267. The molecule has 1 aliphatic heterocycles. The zero-order chi connectivity index (χ0) is 17.4. The number of hydrogen-bond donors (Lipinski definition) is 2. The second-order valence-corrected chi connectivity index (χ2v) is 6.61. The first kappa shape index (κ1) is 16.0. The third kappa shape index (κ3) is 3.09. The quantitative estimate of drug-likeness (QED) is 0.843. The molecule has 4 rings (SSSR count). The summed E-state index contributed by atoms with van der Waals surface area (Å²) >= 11 is 0. The van der Waals surface area contributed by atoms with Gasteiger partial charge < -0.3 is 14.6 Å². The summed E-state index contributed by atoms with van der Waals surface area (Å²) in [4.78, 5) is 34.1. The number of pyridine rings is 1. The van der Waals surface area contributed by atoms with Gasteiger partial charge in [0.1, 0.15) is 17.5 Å². The van der Waals surface area contributed by atoms with Crippen LogP contribution in [0.15, 0.2) is 10.9 Å². The fourth-order valence-corrected chi connectivity index (χ4v) is 3.50. The summed E-state index contributed by atoms with van der Waals surface area (Å²) in [6, 6.07) is 1.77. The van der Waals surface area contributed by atoms with Crippen molar-refractivity contribution >= 4 is 5.91 Å². The molecule has 1 atom stereocenters. The number of carbonyl (C=O) groups excluding carboxylic acids is 1. The molecular weight excluding hydrogens is 322 g/mol. The van der Waals surface area contributed by atoms with E-state index in [-0.39, 0.29) is 23.1 Å². The maximum atomic E-state index is 12.9. The van der Waals surface area contributed by atoms with E-state index in [1.54, 1.807) is 11.0 Å². The lowest BCUT2D eigenvalue weighted by atomic mass is 9.95. The van der Waals surface area contributed by atoms with Crippen molar-refractivity contribution in [2.24, 2.45) is 0 Å². The number of rotatable bonds is 2. The van der Waals surface area contributed by atoms with Gasteiger partial charge in [-0.05, 0) is 44.2 Å². The van der Waals surface area contributed by atoms with E-state index in [2.05, 4.69) is 20.2 Å². The SMILES string of the molecule is Cc1nc(C2CN(C(=O)c3cc4c([nH]c3=O)CCCC4)CCO2)n[nH]1. The molecule has 2 aromatic heterocycles. The Morgan fingerprint density at radius 3 is 3.00 bits per heavy atom. The molecule has 8 heteroatoms. The van der Waals surface area contributed by atoms with Crippen molar-refractivity contribution in [1.29, 1.82) is 0 Å². The van der Waals surface area contributed by atoms with E-state index >= 15 is 0 Å². The van der Waals surface area contributed by atoms with Crippen LogP contribution in [-0.4, -0.2) is 50.7 Å². The Morgan fingerprint density at radius 1 is 1.36 bits per heavy atom. The third-order valence-electron chi connectivity index (χ3n) is 4.82. The molecule has 1 fully saturated rings. The maximum absolute atomic E-state index is 12.9. The number of aromatic amines is 2. The molecular formula is C17H21N5O3. The second-order valence-electron chi connectivity index (χ2n) is 6.61. The summed E-state index contributed by atoms with van der Waals surface area (Å²) in [5.74, 6) is 0.984. The highest BCUT2D eigenvalue weighted by Crippen LogP contribution is 2.22. The fraction of sp³-hybridized carbons (Fsp3) is 0.529. The highest BCUT2D eigenvalue weighted by molar-refractivity contribution is 5.94. The minimum absolute atomic E-state index is 0.215. The van der Waals surface area contributed by atoms with E-state index in [0.29, 0.717) is 31.3 Å². The average molecular weight is 343 g/mol. The minimum Gasteiger partial charge on any atom is -0.366 e. The molecule has 2 N–H and O–H groups in total. The number of carbonyl (C=O) groups is 1. The Bertz CT molecular complexity index is 856. The number of nitrogens with one attached hydrogen (secondary N) is 2. The molecule has 2 aliphatic rings. The molecule has 1 aliphatic carbocycles. The monoisotopic (exact) mass is 343 g/mol. The van der Waals surface area contributed by atoms with Gasteiger partial charge in [-0.25, -0.2) is 4.98 Å². The number of hydrogen-bond acceptors (Lipinski definition) is 5. The van der Waals surface area contributed by atoms with E-state index in [9.17, 15) is 9.59 Å². The molecule has 3 heterocycles. The molecule has 132 valence electrons. The standard InChI is InChI=1S/C17H21N5O3/c1-10-18-15(21-20-10)14-9-22(6-7-25-14)17(24)12-8-11-4-2-3-5-13(11)19-16(12)23/h8,14H,2-7,9H2,1H3,(H,19,23)(H,18,20,21). The molecule has 25 heavy (non-hydrogen) atoms. The number of morpholine rings is 1. The van der Waals surface area contributed by atoms with E-state index in [1.807, 2.05) is 6.92 Å². The van der Waals surface area contributed by atoms with Gasteiger partial charge in [-0.3, -0.25) is 14.7 Å². The predicted molar refractivity (Wildman–Crippen MR) is 89.4 cm³/mol. The Morgan fingerprint density at radius 2 is 2.20 bits per heavy atom. The number of amides is 1. The molecule has 0 aromatic carbocycles. The Labute approximate surface area is 144 Å². The van der Waals surface area contributed by atoms with Crippen LogP contribution in [0.25, 0.3) is 0 Å². The first-order valence-electron chi connectivity index (χ1n) is 8.66. The van der Waals surface area contributed by atoms with Crippen LogP contribution in [0.5, 0.6) is 0 Å². The summed E-state index contributed by atoms with van der Waals surface area (Å²) in [7, 11) is 0. The van der Waals surface area contributed by atoms with Gasteiger partial charge in [0.25, 0.3) is 11.5 Å². The van der Waals surface area contributed by atoms with E-state index in [0.717, 1.165) is 36.9 Å². The first-order valence-corrected chi connectivity index (χ1v) is 8.66. The van der Waals surface area contributed by atoms with Gasteiger partial charge in [0, 0.05) is 12.2 Å². The van der Waals surface area contributed by atoms with Crippen molar-refractivity contribution in [2.45, 2.75) is 38.7 Å². The summed E-state index contributed by atoms with van der Waals surface area (Å²) in [6.45, 7) is 3.00. The average Bonchev–Trinajstić information content (AvgIpc) is 3.07. The fourth-order valence-electron chi connectivity index (χ4n) is 3.50. The van der Waals surface area contributed by atoms with Gasteiger partial charge >= 0.3 is 0 Å². The van der Waals surface area contributed by atoms with Gasteiger partial charge in [-0.2, -0.15) is 5.10 Å². The first-order chi connectivity index (χ1) is 12.1. The Balaban J connectivity index is 1.57. The van der Waals surface area contributed by atoms with Gasteiger partial charge in [-0.15, -0.1) is 0 Å². The van der Waals surface area contributed by atoms with Crippen molar-refractivity contribution in [2.75, 3.05) is 19.7 Å². The zero-order valence-corrected chi connectivity index (χ0v) is 14.2. The molecule has 0 bridgehead atoms. The maximum Gasteiger partial charge on any atom is 0.261 e. The van der Waals surface area contributed by atoms with Crippen LogP contribution in [0.1, 0.15) is 52.2 Å². The molecule has 0 radical (unpaired) electrons. The smallest absolute Gasteiger partial charge is 0.261 e. The predicted octanol–water partition coefficient (Wildman–Crippen LogP) is 0.894. The van der Waals surface area contributed by atoms with Gasteiger partial charge in [0.2, 0.25) is 0 Å². The van der Waals surface area contributed by atoms with Crippen molar-refractivity contribution < 1.29 is 9.53 Å². The highest BCUT2D eigenvalue weighted by atomic mass is 16.5. The van der Waals surface area contributed by atoms with Gasteiger partial charge in [0.05, 0.1) is 13.2 Å². The van der Waals surface area contributed by atoms with Crippen molar-refractivity contribution in [3.63, 3.8) is 0 Å². The second kappa shape index (κ2) is 6.44. The van der Waals surface area contributed by atoms with Crippen molar-refractivity contribution in [3.8, 4) is 0 Å². The summed E-state index contributed by atoms with van der Waals surface area (Å²) in [5.41, 5.74) is 1.97. The van der Waals surface area contributed by atoms with Crippen LogP contribution in [0.2, 0.25) is 0 Å². The van der Waals surface area contributed by atoms with Crippen LogP contribution in [0, 0.1) is 6.92 Å². The van der Waals surface area contributed by atoms with Gasteiger partial charge in [-0.1, -0.05) is 0 Å².